The highest BCUT2D eigenvalue weighted by atomic mass is 16.5. The van der Waals surface area contributed by atoms with Crippen LogP contribution in [0.2, 0.25) is 0 Å². The first-order chi connectivity index (χ1) is 6.69. The van der Waals surface area contributed by atoms with Crippen LogP contribution in [0.3, 0.4) is 0 Å². The monoisotopic (exact) mass is 198 g/mol. The van der Waals surface area contributed by atoms with Crippen LogP contribution in [0.1, 0.15) is 19.4 Å². The summed E-state index contributed by atoms with van der Waals surface area (Å²) < 4.78 is 6.18. The number of aryl methyl sites for hydroxylation is 1. The van der Waals surface area contributed by atoms with Crippen LogP contribution in [-0.4, -0.2) is 22.4 Å². The summed E-state index contributed by atoms with van der Waals surface area (Å²) in [4.78, 5) is 22.5. The molecular weight excluding hydrogens is 184 g/mol. The van der Waals surface area contributed by atoms with Crippen LogP contribution < -0.4 is 5.56 Å². The van der Waals surface area contributed by atoms with Crippen LogP contribution >= 0.6 is 0 Å². The van der Waals surface area contributed by atoms with E-state index in [0.29, 0.717) is 18.7 Å². The van der Waals surface area contributed by atoms with Crippen molar-refractivity contribution in [1.82, 2.24) is 9.78 Å². The molecule has 1 aromatic heterocycles. The number of carbonyl (C=O) groups excluding carboxylic acids is 1. The van der Waals surface area contributed by atoms with Crippen molar-refractivity contribution in [2.45, 2.75) is 26.8 Å². The zero-order valence-corrected chi connectivity index (χ0v) is 8.37. The summed E-state index contributed by atoms with van der Waals surface area (Å²) in [6.45, 7) is 4.50. The number of ether oxygens (including phenoxy) is 1. The number of aromatic nitrogens is 2. The fourth-order valence-corrected chi connectivity index (χ4v) is 1.18. The van der Waals surface area contributed by atoms with Gasteiger partial charge < -0.3 is 9.84 Å². The summed E-state index contributed by atoms with van der Waals surface area (Å²) in [6, 6.07) is 0. The van der Waals surface area contributed by atoms with Gasteiger partial charge in [0.1, 0.15) is 0 Å². The van der Waals surface area contributed by atoms with E-state index < -0.39 is 0 Å². The molecule has 1 heterocycles. The van der Waals surface area contributed by atoms with E-state index in [4.69, 9.17) is 4.74 Å². The molecule has 0 aromatic carbocycles. The first-order valence-corrected chi connectivity index (χ1v) is 4.61. The average molecular weight is 198 g/mol. The molecule has 78 valence electrons. The van der Waals surface area contributed by atoms with Gasteiger partial charge in [-0.15, -0.1) is 0 Å². The lowest BCUT2D eigenvalue weighted by atomic mass is 10.2. The van der Waals surface area contributed by atoms with E-state index in [-0.39, 0.29) is 17.9 Å². The highest BCUT2D eigenvalue weighted by Gasteiger charge is 2.10. The summed E-state index contributed by atoms with van der Waals surface area (Å²) in [5, 5.41) is 2.77. The number of nitrogens with one attached hydrogen (secondary N) is 1. The molecule has 0 atom stereocenters. The van der Waals surface area contributed by atoms with Gasteiger partial charge in [0.05, 0.1) is 13.0 Å². The van der Waals surface area contributed by atoms with Gasteiger partial charge in [-0.3, -0.25) is 14.3 Å². The van der Waals surface area contributed by atoms with Crippen molar-refractivity contribution in [1.29, 1.82) is 0 Å². The van der Waals surface area contributed by atoms with Gasteiger partial charge in [-0.1, -0.05) is 0 Å². The molecule has 0 saturated heterocycles. The Balaban J connectivity index is 2.72. The minimum atomic E-state index is -0.369. The third kappa shape index (κ3) is 2.25. The zero-order chi connectivity index (χ0) is 10.6. The number of aromatic amines is 1. The summed E-state index contributed by atoms with van der Waals surface area (Å²) >= 11 is 0. The Morgan fingerprint density at radius 1 is 1.57 bits per heavy atom. The van der Waals surface area contributed by atoms with Gasteiger partial charge in [0.2, 0.25) is 0 Å². The molecule has 0 fully saturated rings. The molecular formula is C9H14N2O3. The van der Waals surface area contributed by atoms with E-state index in [1.54, 1.807) is 13.1 Å². The summed E-state index contributed by atoms with van der Waals surface area (Å²) in [5.74, 6) is -0.369. The number of H-pyrrole nitrogens is 1. The van der Waals surface area contributed by atoms with Crippen LogP contribution in [0, 0.1) is 0 Å². The maximum Gasteiger partial charge on any atom is 0.310 e. The molecule has 14 heavy (non-hydrogen) atoms. The molecule has 1 N–H and O–H groups in total. The van der Waals surface area contributed by atoms with Crippen LogP contribution in [0.25, 0.3) is 0 Å². The highest BCUT2D eigenvalue weighted by molar-refractivity contribution is 5.72. The number of rotatable bonds is 4. The second-order valence-electron chi connectivity index (χ2n) is 2.83. The van der Waals surface area contributed by atoms with Gasteiger partial charge in [-0.05, 0) is 13.8 Å². The highest BCUT2D eigenvalue weighted by Crippen LogP contribution is 1.93. The third-order valence-corrected chi connectivity index (χ3v) is 1.87. The van der Waals surface area contributed by atoms with Crippen LogP contribution in [0.4, 0.5) is 0 Å². The summed E-state index contributed by atoms with van der Waals surface area (Å²) in [7, 11) is 0. The maximum atomic E-state index is 11.5. The van der Waals surface area contributed by atoms with E-state index in [1.165, 1.54) is 4.68 Å². The molecule has 1 aromatic rings. The Morgan fingerprint density at radius 3 is 2.79 bits per heavy atom. The van der Waals surface area contributed by atoms with Crippen molar-refractivity contribution in [2.24, 2.45) is 0 Å². The Hall–Kier alpha value is -1.52. The minimum Gasteiger partial charge on any atom is -0.466 e. The van der Waals surface area contributed by atoms with E-state index in [1.807, 2.05) is 6.92 Å². The molecule has 1 rings (SSSR count). The standard InChI is InChI=1S/C9H14N2O3/c1-3-11-9(13)7(6-10-11)5-8(12)14-4-2/h6,10H,3-5H2,1-2H3. The zero-order valence-electron chi connectivity index (χ0n) is 8.37. The van der Waals surface area contributed by atoms with Crippen molar-refractivity contribution >= 4 is 5.97 Å². The molecule has 0 spiro atoms. The average Bonchev–Trinajstić information content (AvgIpc) is 2.48. The fraction of sp³-hybridized carbons (Fsp3) is 0.556. The van der Waals surface area contributed by atoms with E-state index >= 15 is 0 Å². The van der Waals surface area contributed by atoms with Crippen LogP contribution in [0.5, 0.6) is 0 Å². The largest absolute Gasteiger partial charge is 0.466 e. The topological polar surface area (TPSA) is 64.1 Å². The number of hydrogen-bond donors (Lipinski definition) is 1. The van der Waals surface area contributed by atoms with Gasteiger partial charge in [-0.2, -0.15) is 0 Å². The van der Waals surface area contributed by atoms with Crippen molar-refractivity contribution in [3.63, 3.8) is 0 Å². The number of nitrogens with zero attached hydrogens (tertiary/aromatic N) is 1. The third-order valence-electron chi connectivity index (χ3n) is 1.87. The van der Waals surface area contributed by atoms with Crippen molar-refractivity contribution in [3.05, 3.63) is 22.1 Å². The molecule has 0 aliphatic rings. The van der Waals surface area contributed by atoms with Crippen LogP contribution in [0.15, 0.2) is 11.0 Å². The molecule has 0 unspecified atom stereocenters. The lowest BCUT2D eigenvalue weighted by molar-refractivity contribution is -0.142. The number of esters is 1. The smallest absolute Gasteiger partial charge is 0.310 e. The Bertz CT molecular complexity index is 364. The van der Waals surface area contributed by atoms with Gasteiger partial charge in [0.25, 0.3) is 5.56 Å². The van der Waals surface area contributed by atoms with E-state index in [0.717, 1.165) is 0 Å². The maximum absolute atomic E-state index is 11.5. The molecule has 0 aliphatic carbocycles. The van der Waals surface area contributed by atoms with E-state index in [9.17, 15) is 9.59 Å². The normalized spacial score (nSPS) is 10.1. The molecule has 0 amide bonds. The molecule has 5 heteroatoms. The summed E-state index contributed by atoms with van der Waals surface area (Å²) in [5.41, 5.74) is 0.297. The number of carbonyl (C=O) groups is 1. The lowest BCUT2D eigenvalue weighted by Gasteiger charge is -1.97. The second-order valence-corrected chi connectivity index (χ2v) is 2.83. The van der Waals surface area contributed by atoms with Crippen LogP contribution in [-0.2, 0) is 22.5 Å². The Morgan fingerprint density at radius 2 is 2.29 bits per heavy atom. The quantitative estimate of drug-likeness (QED) is 0.708. The first-order valence-electron chi connectivity index (χ1n) is 4.61. The number of hydrogen-bond acceptors (Lipinski definition) is 3. The first kappa shape index (κ1) is 10.6. The molecule has 0 radical (unpaired) electrons. The van der Waals surface area contributed by atoms with Gasteiger partial charge in [0.15, 0.2) is 0 Å². The van der Waals surface area contributed by atoms with Crippen molar-refractivity contribution in [3.8, 4) is 0 Å². The van der Waals surface area contributed by atoms with Gasteiger partial charge >= 0.3 is 5.97 Å². The van der Waals surface area contributed by atoms with Gasteiger partial charge in [-0.25, -0.2) is 0 Å². The predicted octanol–water partition coefficient (Wildman–Crippen LogP) is 0.302. The molecule has 5 nitrogen and oxygen atoms in total. The fourth-order valence-electron chi connectivity index (χ4n) is 1.18. The minimum absolute atomic E-state index is 0.0379. The summed E-state index contributed by atoms with van der Waals surface area (Å²) in [6.07, 6.45) is 1.58. The molecule has 0 bridgehead atoms. The molecule has 0 saturated carbocycles. The molecule has 0 aliphatic heterocycles. The lowest BCUT2D eigenvalue weighted by Crippen LogP contribution is -2.20. The van der Waals surface area contributed by atoms with Crippen molar-refractivity contribution < 1.29 is 9.53 Å². The Kier molecular flexibility index (Phi) is 3.50. The predicted molar refractivity (Wildman–Crippen MR) is 51.1 cm³/mol. The Labute approximate surface area is 81.7 Å². The SMILES string of the molecule is CCOC(=O)Cc1c[nH]n(CC)c1=O. The van der Waals surface area contributed by atoms with Crippen molar-refractivity contribution in [2.75, 3.05) is 6.61 Å². The second kappa shape index (κ2) is 4.64. The van der Waals surface area contributed by atoms with E-state index in [2.05, 4.69) is 5.10 Å². The van der Waals surface area contributed by atoms with Gasteiger partial charge in [0, 0.05) is 18.3 Å².